The van der Waals surface area contributed by atoms with Gasteiger partial charge in [0, 0.05) is 31.5 Å². The third-order valence-electron chi connectivity index (χ3n) is 3.18. The molecule has 0 aromatic carbocycles. The smallest absolute Gasteiger partial charge is 0.0260 e. The fourth-order valence-corrected chi connectivity index (χ4v) is 2.27. The van der Waals surface area contributed by atoms with Crippen LogP contribution in [0.25, 0.3) is 0 Å². The minimum absolute atomic E-state index is 0.713. The van der Waals surface area contributed by atoms with Crippen molar-refractivity contribution in [3.8, 4) is 0 Å². The predicted octanol–water partition coefficient (Wildman–Crippen LogP) is 2.22. The number of hydrogen-bond acceptors (Lipinski definition) is 1. The average molecular weight is 192 g/mol. The summed E-state index contributed by atoms with van der Waals surface area (Å²) in [4.78, 5) is 2.58. The van der Waals surface area contributed by atoms with E-state index >= 15 is 0 Å². The van der Waals surface area contributed by atoms with E-state index in [4.69, 9.17) is 0 Å². The molecule has 2 heteroatoms. The minimum atomic E-state index is 0.713. The van der Waals surface area contributed by atoms with Gasteiger partial charge in [-0.25, -0.2) is 0 Å². The fraction of sp³-hybridized carbons (Fsp3) is 0.667. The molecule has 1 saturated heterocycles. The summed E-state index contributed by atoms with van der Waals surface area (Å²) < 4.78 is 2.30. The lowest BCUT2D eigenvalue weighted by Crippen LogP contribution is -2.28. The molecule has 1 unspecified atom stereocenters. The van der Waals surface area contributed by atoms with Gasteiger partial charge >= 0.3 is 0 Å². The molecule has 2 nitrogen and oxygen atoms in total. The van der Waals surface area contributed by atoms with E-state index in [1.807, 2.05) is 0 Å². The van der Waals surface area contributed by atoms with E-state index < -0.39 is 0 Å². The van der Waals surface area contributed by atoms with Crippen molar-refractivity contribution in [2.75, 3.05) is 13.1 Å². The molecule has 1 aliphatic heterocycles. The molecule has 1 fully saturated rings. The van der Waals surface area contributed by atoms with Crippen LogP contribution in [0.2, 0.25) is 0 Å². The lowest BCUT2D eigenvalue weighted by atomic mass is 10.1. The molecule has 0 saturated carbocycles. The van der Waals surface area contributed by atoms with Crippen molar-refractivity contribution >= 4 is 0 Å². The quantitative estimate of drug-likeness (QED) is 0.713. The summed E-state index contributed by atoms with van der Waals surface area (Å²) in [5, 5.41) is 0. The Labute approximate surface area is 86.5 Å². The molecule has 0 bridgehead atoms. The third kappa shape index (κ3) is 2.18. The fourth-order valence-electron chi connectivity index (χ4n) is 2.27. The Hall–Kier alpha value is -0.760. The van der Waals surface area contributed by atoms with Gasteiger partial charge in [-0.1, -0.05) is 0 Å². The molecule has 1 atom stereocenters. The minimum Gasteiger partial charge on any atom is -0.354 e. The maximum Gasteiger partial charge on any atom is 0.0260 e. The van der Waals surface area contributed by atoms with E-state index in [1.54, 1.807) is 0 Å². The molecular weight excluding hydrogens is 172 g/mol. The number of nitrogens with zero attached hydrogens (tertiary/aromatic N) is 2. The second-order valence-electron chi connectivity index (χ2n) is 4.62. The maximum absolute atomic E-state index is 2.58. The van der Waals surface area contributed by atoms with Crippen LogP contribution in [-0.4, -0.2) is 28.6 Å². The van der Waals surface area contributed by atoms with E-state index in [1.165, 1.54) is 26.1 Å². The Kier molecular flexibility index (Phi) is 2.92. The normalized spacial score (nSPS) is 23.5. The lowest BCUT2D eigenvalue weighted by Gasteiger charge is -2.20. The molecule has 14 heavy (non-hydrogen) atoms. The second-order valence-corrected chi connectivity index (χ2v) is 4.62. The van der Waals surface area contributed by atoms with Crippen molar-refractivity contribution in [2.24, 2.45) is 5.92 Å². The lowest BCUT2D eigenvalue weighted by molar-refractivity contribution is 0.261. The van der Waals surface area contributed by atoms with Crippen LogP contribution < -0.4 is 0 Å². The van der Waals surface area contributed by atoms with E-state index in [0.717, 1.165) is 5.92 Å². The molecule has 0 N–H and O–H groups in total. The summed E-state index contributed by atoms with van der Waals surface area (Å²) in [6.07, 6.45) is 5.69. The predicted molar refractivity (Wildman–Crippen MR) is 59.2 cm³/mol. The van der Waals surface area contributed by atoms with Crippen molar-refractivity contribution in [3.63, 3.8) is 0 Å². The highest BCUT2D eigenvalue weighted by Gasteiger charge is 2.23. The van der Waals surface area contributed by atoms with Gasteiger partial charge in [0.1, 0.15) is 0 Å². The van der Waals surface area contributed by atoms with Crippen LogP contribution in [0.3, 0.4) is 0 Å². The van der Waals surface area contributed by atoms with Crippen LogP contribution in [0.1, 0.15) is 20.3 Å². The Morgan fingerprint density at radius 2 is 2.00 bits per heavy atom. The zero-order chi connectivity index (χ0) is 9.97. The topological polar surface area (TPSA) is 8.17 Å². The Morgan fingerprint density at radius 3 is 2.57 bits per heavy atom. The summed E-state index contributed by atoms with van der Waals surface area (Å²) in [7, 11) is 0. The summed E-state index contributed by atoms with van der Waals surface area (Å²) in [6, 6.07) is 4.93. The third-order valence-corrected chi connectivity index (χ3v) is 3.18. The molecule has 1 aromatic rings. The van der Waals surface area contributed by atoms with Crippen LogP contribution >= 0.6 is 0 Å². The molecule has 1 aliphatic rings. The number of likely N-dealkylation sites (tertiary alicyclic amines) is 1. The van der Waals surface area contributed by atoms with E-state index in [9.17, 15) is 0 Å². The number of hydrogen-bond donors (Lipinski definition) is 0. The van der Waals surface area contributed by atoms with Gasteiger partial charge in [-0.3, -0.25) is 0 Å². The molecule has 1 aromatic heterocycles. The van der Waals surface area contributed by atoms with Crippen LogP contribution in [0, 0.1) is 5.92 Å². The van der Waals surface area contributed by atoms with Crippen molar-refractivity contribution in [1.82, 2.24) is 9.47 Å². The zero-order valence-corrected chi connectivity index (χ0v) is 9.19. The molecule has 2 heterocycles. The van der Waals surface area contributed by atoms with E-state index in [-0.39, 0.29) is 0 Å². The van der Waals surface area contributed by atoms with Gasteiger partial charge in [-0.05, 0) is 44.9 Å². The van der Waals surface area contributed by atoms with Crippen LogP contribution in [-0.2, 0) is 6.54 Å². The first-order valence-electron chi connectivity index (χ1n) is 5.60. The van der Waals surface area contributed by atoms with Gasteiger partial charge in [0.05, 0.1) is 0 Å². The van der Waals surface area contributed by atoms with Gasteiger partial charge in [-0.15, -0.1) is 0 Å². The van der Waals surface area contributed by atoms with E-state index in [2.05, 4.69) is 47.8 Å². The van der Waals surface area contributed by atoms with Crippen molar-refractivity contribution in [3.05, 3.63) is 24.5 Å². The second kappa shape index (κ2) is 4.18. The zero-order valence-electron chi connectivity index (χ0n) is 9.19. The first-order valence-corrected chi connectivity index (χ1v) is 5.60. The summed E-state index contributed by atoms with van der Waals surface area (Å²) >= 11 is 0. The largest absolute Gasteiger partial charge is 0.354 e. The van der Waals surface area contributed by atoms with Gasteiger partial charge in [0.2, 0.25) is 0 Å². The van der Waals surface area contributed by atoms with Crippen LogP contribution in [0.4, 0.5) is 0 Å². The summed E-state index contributed by atoms with van der Waals surface area (Å²) in [5.41, 5.74) is 0. The molecule has 2 rings (SSSR count). The molecule has 0 radical (unpaired) electrons. The van der Waals surface area contributed by atoms with Crippen molar-refractivity contribution < 1.29 is 0 Å². The molecule has 0 aliphatic carbocycles. The molecular formula is C12H20N2. The molecule has 78 valence electrons. The van der Waals surface area contributed by atoms with Crippen LogP contribution in [0.5, 0.6) is 0 Å². The van der Waals surface area contributed by atoms with Crippen LogP contribution in [0.15, 0.2) is 24.5 Å². The summed E-state index contributed by atoms with van der Waals surface area (Å²) in [6.45, 7) is 8.33. The van der Waals surface area contributed by atoms with Gasteiger partial charge in [-0.2, -0.15) is 0 Å². The van der Waals surface area contributed by atoms with Crippen molar-refractivity contribution in [2.45, 2.75) is 32.9 Å². The first kappa shape index (κ1) is 9.78. The Bertz CT molecular complexity index is 264. The first-order chi connectivity index (χ1) is 6.75. The highest BCUT2D eigenvalue weighted by molar-refractivity contribution is 4.91. The Balaban J connectivity index is 1.84. The van der Waals surface area contributed by atoms with Gasteiger partial charge in [0.25, 0.3) is 0 Å². The highest BCUT2D eigenvalue weighted by atomic mass is 15.2. The molecule has 0 amide bonds. The number of aromatic nitrogens is 1. The molecule has 0 spiro atoms. The maximum atomic E-state index is 2.58. The Morgan fingerprint density at radius 1 is 1.29 bits per heavy atom. The highest BCUT2D eigenvalue weighted by Crippen LogP contribution is 2.19. The number of rotatable bonds is 3. The summed E-state index contributed by atoms with van der Waals surface area (Å²) in [5.74, 6) is 0.852. The SMILES string of the molecule is CC(C)N1CCC(Cn2cccc2)C1. The van der Waals surface area contributed by atoms with Crippen molar-refractivity contribution in [1.29, 1.82) is 0 Å². The standard InChI is InChI=1S/C12H20N2/c1-11(2)14-8-5-12(10-14)9-13-6-3-4-7-13/h3-4,6-7,11-12H,5,8-10H2,1-2H3. The average Bonchev–Trinajstić information content (AvgIpc) is 2.75. The monoisotopic (exact) mass is 192 g/mol. The van der Waals surface area contributed by atoms with E-state index in [0.29, 0.717) is 6.04 Å². The van der Waals surface area contributed by atoms with Gasteiger partial charge < -0.3 is 9.47 Å². The van der Waals surface area contributed by atoms with Gasteiger partial charge in [0.15, 0.2) is 0 Å².